The molecule has 5 atom stereocenters. The van der Waals surface area contributed by atoms with Gasteiger partial charge in [-0.05, 0) is 86.3 Å². The van der Waals surface area contributed by atoms with E-state index in [0.29, 0.717) is 40.4 Å². The highest BCUT2D eigenvalue weighted by Crippen LogP contribution is 2.55. The minimum atomic E-state index is -1.04. The maximum Gasteiger partial charge on any atom is 0.514 e. The number of rotatable bonds is 6. The lowest BCUT2D eigenvalue weighted by molar-refractivity contribution is -0.136. The van der Waals surface area contributed by atoms with Crippen molar-refractivity contribution in [3.8, 4) is 11.6 Å². The zero-order valence-electron chi connectivity index (χ0n) is 24.6. The number of hydrogen-bond acceptors (Lipinski definition) is 7. The lowest BCUT2D eigenvalue weighted by atomic mass is 9.52. The summed E-state index contributed by atoms with van der Waals surface area (Å²) in [7, 11) is 1.16. The first kappa shape index (κ1) is 29.3. The van der Waals surface area contributed by atoms with E-state index < -0.39 is 22.7 Å². The number of amides is 1. The van der Waals surface area contributed by atoms with E-state index in [-0.39, 0.29) is 47.3 Å². The molecule has 4 bridgehead atoms. The molecular formula is C34H32ClN3O7. The summed E-state index contributed by atoms with van der Waals surface area (Å²) in [5.41, 5.74) is -0.339. The van der Waals surface area contributed by atoms with Gasteiger partial charge in [0.05, 0.1) is 30.3 Å². The second-order valence-corrected chi connectivity index (χ2v) is 13.0. The number of nitrogens with one attached hydrogen (secondary N) is 1. The Balaban J connectivity index is 1.24. The van der Waals surface area contributed by atoms with Crippen molar-refractivity contribution in [2.75, 3.05) is 7.11 Å². The summed E-state index contributed by atoms with van der Waals surface area (Å²) in [6.07, 6.45) is 4.66. The molecule has 2 aromatic heterocycles. The maximum absolute atomic E-state index is 13.9. The fourth-order valence-electron chi connectivity index (χ4n) is 7.99. The fourth-order valence-corrected chi connectivity index (χ4v) is 8.15. The monoisotopic (exact) mass is 629 g/mol. The minimum Gasteiger partial charge on any atom is -0.437 e. The van der Waals surface area contributed by atoms with E-state index in [9.17, 15) is 24.3 Å². The fraction of sp³-hybridized carbons (Fsp3) is 0.353. The molecular weight excluding hydrogens is 598 g/mol. The Hall–Kier alpha value is -4.41. The molecule has 2 heterocycles. The van der Waals surface area contributed by atoms with Crippen molar-refractivity contribution < 1.29 is 24.2 Å². The number of para-hydroxylation sites is 1. The number of ether oxygens (including phenoxy) is 2. The van der Waals surface area contributed by atoms with Gasteiger partial charge in [-0.1, -0.05) is 29.8 Å². The number of pyridine rings is 2. The number of hydrogen-bond donors (Lipinski definition) is 2. The molecule has 0 unspecified atom stereocenters. The van der Waals surface area contributed by atoms with Crippen LogP contribution in [0.2, 0.25) is 5.02 Å². The highest BCUT2D eigenvalue weighted by Gasteiger charge is 2.55. The first-order valence-corrected chi connectivity index (χ1v) is 15.4. The largest absolute Gasteiger partial charge is 0.514 e. The summed E-state index contributed by atoms with van der Waals surface area (Å²) >= 11 is 6.31. The van der Waals surface area contributed by atoms with Gasteiger partial charge in [0.15, 0.2) is 5.43 Å². The van der Waals surface area contributed by atoms with Crippen molar-refractivity contribution in [3.05, 3.63) is 104 Å². The van der Waals surface area contributed by atoms with Gasteiger partial charge >= 0.3 is 6.16 Å². The van der Waals surface area contributed by atoms with Crippen LogP contribution in [0.3, 0.4) is 0 Å². The molecule has 1 amide bonds. The van der Waals surface area contributed by atoms with E-state index in [4.69, 9.17) is 21.1 Å². The molecule has 2 N–H and O–H groups in total. The third kappa shape index (κ3) is 5.32. The Kier molecular flexibility index (Phi) is 7.29. The molecule has 4 fully saturated rings. The lowest BCUT2D eigenvalue weighted by Gasteiger charge is -2.58. The molecule has 4 aliphatic rings. The van der Waals surface area contributed by atoms with Gasteiger partial charge in [-0.25, -0.2) is 4.79 Å². The molecule has 232 valence electrons. The lowest BCUT2D eigenvalue weighted by Crippen LogP contribution is -2.61. The summed E-state index contributed by atoms with van der Waals surface area (Å²) in [5.74, 6) is 0.510. The summed E-state index contributed by atoms with van der Waals surface area (Å²) < 4.78 is 13.2. The number of nitrogens with zero attached hydrogens (tertiary/aromatic N) is 2. The maximum atomic E-state index is 13.9. The van der Waals surface area contributed by atoms with Gasteiger partial charge in [-0.2, -0.15) is 0 Å². The standard InChI is InChI=1S/C34H32ClN3O7/c1-44-33(42)45-32-26(30(40)25-8-7-23(35)14-27(25)38(32)24-5-3-2-4-6-24)18-37-10-9-20(13-28(37)39)31(41)36-29-21-11-19-12-22(29)17-34(43,15-19)16-21/h2-10,13-14,19,21-22,29,43H,11-12,15-18H2,1H3,(H,36,41)/t19-,21-,22+,29-,34+. The number of fused-ring (bicyclic) bond motifs is 1. The van der Waals surface area contributed by atoms with Gasteiger partial charge < -0.3 is 24.5 Å². The number of carbonyl (C=O) groups excluding carboxylic acids is 2. The number of aromatic nitrogens is 2. The number of aliphatic hydroxyl groups is 1. The number of benzene rings is 2. The van der Waals surface area contributed by atoms with E-state index in [1.807, 2.05) is 6.07 Å². The van der Waals surface area contributed by atoms with Gasteiger partial charge in [0.2, 0.25) is 5.88 Å². The summed E-state index contributed by atoms with van der Waals surface area (Å²) in [6.45, 7) is -0.246. The van der Waals surface area contributed by atoms with Gasteiger partial charge in [-0.3, -0.25) is 19.0 Å². The number of methoxy groups -OCH3 is 1. The highest BCUT2D eigenvalue weighted by atomic mass is 35.5. The van der Waals surface area contributed by atoms with Gasteiger partial charge in [0.1, 0.15) is 0 Å². The average molecular weight is 630 g/mol. The van der Waals surface area contributed by atoms with Crippen molar-refractivity contribution in [2.45, 2.75) is 50.3 Å². The predicted molar refractivity (Wildman–Crippen MR) is 167 cm³/mol. The van der Waals surface area contributed by atoms with Crippen LogP contribution >= 0.6 is 11.6 Å². The molecule has 8 rings (SSSR count). The summed E-state index contributed by atoms with van der Waals surface area (Å²) in [5, 5.41) is 14.7. The number of carbonyl (C=O) groups is 2. The van der Waals surface area contributed by atoms with Crippen LogP contribution in [0.4, 0.5) is 4.79 Å². The van der Waals surface area contributed by atoms with Crippen molar-refractivity contribution >= 4 is 34.6 Å². The predicted octanol–water partition coefficient (Wildman–Crippen LogP) is 4.67. The molecule has 0 saturated heterocycles. The number of halogens is 1. The van der Waals surface area contributed by atoms with Crippen LogP contribution in [0.5, 0.6) is 5.88 Å². The molecule has 0 spiro atoms. The first-order chi connectivity index (χ1) is 21.6. The van der Waals surface area contributed by atoms with E-state index in [0.717, 1.165) is 26.4 Å². The van der Waals surface area contributed by atoms with E-state index in [1.54, 1.807) is 47.0 Å². The van der Waals surface area contributed by atoms with E-state index in [2.05, 4.69) is 5.32 Å². The third-order valence-corrected chi connectivity index (χ3v) is 9.90. The Morgan fingerprint density at radius 2 is 1.76 bits per heavy atom. The summed E-state index contributed by atoms with van der Waals surface area (Å²) in [4.78, 5) is 53.0. The molecule has 0 aliphatic heterocycles. The van der Waals surface area contributed by atoms with Crippen LogP contribution in [0.15, 0.2) is 76.4 Å². The Labute approximate surface area is 263 Å². The van der Waals surface area contributed by atoms with E-state index in [1.165, 1.54) is 22.9 Å². The molecule has 45 heavy (non-hydrogen) atoms. The SMILES string of the molecule is COC(=O)Oc1c(Cn2ccc(C(=O)N[C@@H]3[C@@H]4C[C@@H]5C[C@H]3C[C@](O)(C5)C4)cc2=O)c(=O)c2ccc(Cl)cc2n1-c1ccccc1. The Morgan fingerprint density at radius 3 is 2.42 bits per heavy atom. The molecule has 11 heteroatoms. The normalized spacial score (nSPS) is 24.9. The van der Waals surface area contributed by atoms with Gasteiger partial charge in [0.25, 0.3) is 11.5 Å². The molecule has 4 aliphatic carbocycles. The molecule has 0 radical (unpaired) electrons. The van der Waals surface area contributed by atoms with Crippen LogP contribution in [0, 0.1) is 17.8 Å². The summed E-state index contributed by atoms with van der Waals surface area (Å²) in [6, 6.07) is 16.5. The molecule has 10 nitrogen and oxygen atoms in total. The molecule has 2 aromatic carbocycles. The quantitative estimate of drug-likeness (QED) is 0.297. The van der Waals surface area contributed by atoms with Gasteiger partial charge in [0, 0.05) is 40.0 Å². The van der Waals surface area contributed by atoms with Crippen LogP contribution in [0.25, 0.3) is 16.6 Å². The second-order valence-electron chi connectivity index (χ2n) is 12.6. The minimum absolute atomic E-state index is 0.0302. The van der Waals surface area contributed by atoms with E-state index >= 15 is 0 Å². The first-order valence-electron chi connectivity index (χ1n) is 15.0. The molecule has 4 saturated carbocycles. The van der Waals surface area contributed by atoms with Crippen LogP contribution in [0.1, 0.15) is 48.0 Å². The topological polar surface area (TPSA) is 129 Å². The van der Waals surface area contributed by atoms with Crippen molar-refractivity contribution in [3.63, 3.8) is 0 Å². The van der Waals surface area contributed by atoms with Gasteiger partial charge in [-0.15, -0.1) is 0 Å². The Bertz CT molecular complexity index is 1940. The zero-order valence-corrected chi connectivity index (χ0v) is 25.3. The third-order valence-electron chi connectivity index (χ3n) is 9.67. The second kappa shape index (κ2) is 11.2. The molecule has 4 aromatic rings. The van der Waals surface area contributed by atoms with Crippen molar-refractivity contribution in [2.24, 2.45) is 17.8 Å². The van der Waals surface area contributed by atoms with Crippen LogP contribution in [-0.2, 0) is 11.3 Å². The van der Waals surface area contributed by atoms with Crippen LogP contribution < -0.4 is 21.0 Å². The van der Waals surface area contributed by atoms with Crippen molar-refractivity contribution in [1.82, 2.24) is 14.5 Å². The zero-order chi connectivity index (χ0) is 31.5. The smallest absolute Gasteiger partial charge is 0.437 e. The average Bonchev–Trinajstić information content (AvgIpc) is 3.01. The van der Waals surface area contributed by atoms with Crippen LogP contribution in [-0.4, -0.2) is 45.1 Å². The van der Waals surface area contributed by atoms with Crippen molar-refractivity contribution in [1.29, 1.82) is 0 Å². The Morgan fingerprint density at radius 1 is 1.02 bits per heavy atom. The highest BCUT2D eigenvalue weighted by molar-refractivity contribution is 6.31.